The van der Waals surface area contributed by atoms with Gasteiger partial charge in [0.15, 0.2) is 8.68 Å². The summed E-state index contributed by atoms with van der Waals surface area (Å²) >= 11 is 4.56. The van der Waals surface area contributed by atoms with Gasteiger partial charge in [0.1, 0.15) is 5.82 Å². The predicted molar refractivity (Wildman–Crippen MR) is 79.6 cm³/mol. The van der Waals surface area contributed by atoms with Gasteiger partial charge in [0.2, 0.25) is 0 Å². The Labute approximate surface area is 124 Å². The van der Waals surface area contributed by atoms with Crippen molar-refractivity contribution in [3.05, 3.63) is 29.6 Å². The fourth-order valence-electron chi connectivity index (χ4n) is 1.47. The molecule has 1 aromatic carbocycles. The highest BCUT2D eigenvalue weighted by molar-refractivity contribution is 8.03. The fourth-order valence-corrected chi connectivity index (χ4v) is 4.02. The zero-order chi connectivity index (χ0) is 13.7. The number of benzene rings is 1. The summed E-state index contributed by atoms with van der Waals surface area (Å²) in [6.45, 7) is 3.34. The minimum absolute atomic E-state index is 0.180. The number of hydrogen-bond donors (Lipinski definition) is 1. The van der Waals surface area contributed by atoms with Crippen LogP contribution in [-0.4, -0.2) is 23.0 Å². The third kappa shape index (κ3) is 3.92. The van der Waals surface area contributed by atoms with E-state index in [0.717, 1.165) is 20.1 Å². The fraction of sp³-hybridized carbons (Fsp3) is 0.333. The van der Waals surface area contributed by atoms with Crippen LogP contribution in [0, 0.1) is 5.82 Å². The van der Waals surface area contributed by atoms with Crippen LogP contribution in [0.15, 0.2) is 31.8 Å². The molecule has 1 aromatic heterocycles. The maximum absolute atomic E-state index is 13.9. The first-order valence-corrected chi connectivity index (χ1v) is 8.63. The van der Waals surface area contributed by atoms with Gasteiger partial charge in [-0.05, 0) is 24.9 Å². The molecular weight excluding hydrogens is 301 g/mol. The molecule has 0 unspecified atom stereocenters. The molecule has 0 aliphatic heterocycles. The van der Waals surface area contributed by atoms with E-state index in [1.54, 1.807) is 17.8 Å². The maximum Gasteiger partial charge on any atom is 0.179 e. The third-order valence-electron chi connectivity index (χ3n) is 2.39. The van der Waals surface area contributed by atoms with Gasteiger partial charge in [-0.3, -0.25) is 0 Å². The van der Waals surface area contributed by atoms with Crippen molar-refractivity contribution in [1.82, 2.24) is 15.5 Å². The molecular formula is C12H14FN3S3. The zero-order valence-electron chi connectivity index (χ0n) is 10.6. The van der Waals surface area contributed by atoms with Crippen molar-refractivity contribution in [3.8, 4) is 0 Å². The van der Waals surface area contributed by atoms with E-state index < -0.39 is 0 Å². The molecule has 0 spiro atoms. The minimum atomic E-state index is -0.180. The van der Waals surface area contributed by atoms with Crippen molar-refractivity contribution in [2.75, 3.05) is 12.8 Å². The Bertz CT molecular complexity index is 545. The Kier molecular flexibility index (Phi) is 5.62. The van der Waals surface area contributed by atoms with Crippen LogP contribution in [0.25, 0.3) is 0 Å². The van der Waals surface area contributed by atoms with E-state index in [0.29, 0.717) is 12.1 Å². The lowest BCUT2D eigenvalue weighted by atomic mass is 10.2. The van der Waals surface area contributed by atoms with Crippen molar-refractivity contribution < 1.29 is 4.39 Å². The summed E-state index contributed by atoms with van der Waals surface area (Å²) in [5.41, 5.74) is 0.690. The molecule has 0 aliphatic rings. The van der Waals surface area contributed by atoms with E-state index in [1.165, 1.54) is 29.2 Å². The van der Waals surface area contributed by atoms with Crippen LogP contribution >= 0.6 is 34.9 Å². The highest BCUT2D eigenvalue weighted by atomic mass is 32.2. The first-order valence-electron chi connectivity index (χ1n) is 5.78. The highest BCUT2D eigenvalue weighted by Gasteiger charge is 2.12. The first kappa shape index (κ1) is 14.8. The quantitative estimate of drug-likeness (QED) is 0.824. The van der Waals surface area contributed by atoms with Crippen molar-refractivity contribution in [1.29, 1.82) is 0 Å². The lowest BCUT2D eigenvalue weighted by Crippen LogP contribution is -2.13. The standard InChI is InChI=1S/C12H14FN3S3/c1-3-14-7-8-9(13)5-4-6-10(8)18-12-16-15-11(17-2)19-12/h4-6,14H,3,7H2,1-2H3. The van der Waals surface area contributed by atoms with Crippen LogP contribution in [0.2, 0.25) is 0 Å². The third-order valence-corrected chi connectivity index (χ3v) is 5.44. The molecule has 1 N–H and O–H groups in total. The van der Waals surface area contributed by atoms with E-state index in [4.69, 9.17) is 0 Å². The Morgan fingerprint density at radius 1 is 1.32 bits per heavy atom. The lowest BCUT2D eigenvalue weighted by molar-refractivity contribution is 0.585. The molecule has 7 heteroatoms. The van der Waals surface area contributed by atoms with Gasteiger partial charge in [-0.1, -0.05) is 47.9 Å². The average Bonchev–Trinajstić information content (AvgIpc) is 2.86. The summed E-state index contributed by atoms with van der Waals surface area (Å²) in [6, 6.07) is 5.13. The number of aromatic nitrogens is 2. The monoisotopic (exact) mass is 315 g/mol. The summed E-state index contributed by atoms with van der Waals surface area (Å²) in [4.78, 5) is 0.893. The zero-order valence-corrected chi connectivity index (χ0v) is 13.1. The second-order valence-corrected chi connectivity index (χ2v) is 6.96. The molecule has 1 heterocycles. The molecule has 0 saturated heterocycles. The van der Waals surface area contributed by atoms with Gasteiger partial charge in [-0.15, -0.1) is 10.2 Å². The molecule has 3 nitrogen and oxygen atoms in total. The van der Waals surface area contributed by atoms with Gasteiger partial charge >= 0.3 is 0 Å². The van der Waals surface area contributed by atoms with Crippen molar-refractivity contribution in [2.45, 2.75) is 27.0 Å². The smallest absolute Gasteiger partial charge is 0.179 e. The van der Waals surface area contributed by atoms with Crippen LogP contribution in [0.3, 0.4) is 0 Å². The second-order valence-electron chi connectivity index (χ2n) is 3.64. The van der Waals surface area contributed by atoms with Crippen molar-refractivity contribution in [2.24, 2.45) is 0 Å². The maximum atomic E-state index is 13.9. The topological polar surface area (TPSA) is 37.8 Å². The van der Waals surface area contributed by atoms with Crippen molar-refractivity contribution in [3.63, 3.8) is 0 Å². The van der Waals surface area contributed by atoms with Crippen LogP contribution in [0.1, 0.15) is 12.5 Å². The Morgan fingerprint density at radius 2 is 2.11 bits per heavy atom. The summed E-state index contributed by atoms with van der Waals surface area (Å²) in [6.07, 6.45) is 1.97. The Balaban J connectivity index is 2.21. The van der Waals surface area contributed by atoms with E-state index in [-0.39, 0.29) is 5.82 Å². The van der Waals surface area contributed by atoms with Gasteiger partial charge < -0.3 is 5.32 Å². The van der Waals surface area contributed by atoms with Gasteiger partial charge in [-0.25, -0.2) is 4.39 Å². The summed E-state index contributed by atoms with van der Waals surface area (Å²) in [5.74, 6) is -0.180. The molecule has 2 aromatic rings. The summed E-state index contributed by atoms with van der Waals surface area (Å²) in [7, 11) is 0. The van der Waals surface area contributed by atoms with Gasteiger partial charge in [0, 0.05) is 17.0 Å². The van der Waals surface area contributed by atoms with Gasteiger partial charge in [-0.2, -0.15) is 0 Å². The SMILES string of the molecule is CCNCc1c(F)cccc1Sc1nnc(SC)s1. The molecule has 19 heavy (non-hydrogen) atoms. The van der Waals surface area contributed by atoms with Gasteiger partial charge in [0.25, 0.3) is 0 Å². The molecule has 0 amide bonds. The minimum Gasteiger partial charge on any atom is -0.313 e. The number of thioether (sulfide) groups is 1. The number of halogens is 1. The molecule has 0 saturated carbocycles. The Morgan fingerprint density at radius 3 is 2.79 bits per heavy atom. The number of rotatable bonds is 6. The van der Waals surface area contributed by atoms with Crippen molar-refractivity contribution >= 4 is 34.9 Å². The van der Waals surface area contributed by atoms with Gasteiger partial charge in [0.05, 0.1) is 0 Å². The van der Waals surface area contributed by atoms with E-state index in [2.05, 4.69) is 15.5 Å². The normalized spacial score (nSPS) is 10.9. The summed E-state index contributed by atoms with van der Waals surface area (Å²) < 4.78 is 15.6. The van der Waals surface area contributed by atoms with Crippen LogP contribution in [0.4, 0.5) is 4.39 Å². The highest BCUT2D eigenvalue weighted by Crippen LogP contribution is 2.35. The Hall–Kier alpha value is -0.630. The van der Waals surface area contributed by atoms with Crippen LogP contribution in [0.5, 0.6) is 0 Å². The van der Waals surface area contributed by atoms with Crippen LogP contribution in [-0.2, 0) is 6.54 Å². The first-order chi connectivity index (χ1) is 9.24. The van der Waals surface area contributed by atoms with E-state index in [1.807, 2.05) is 19.2 Å². The number of nitrogens with one attached hydrogen (secondary N) is 1. The molecule has 0 aliphatic carbocycles. The summed E-state index contributed by atoms with van der Waals surface area (Å²) in [5, 5.41) is 11.3. The van der Waals surface area contributed by atoms with E-state index in [9.17, 15) is 4.39 Å². The van der Waals surface area contributed by atoms with Crippen LogP contribution < -0.4 is 5.32 Å². The second kappa shape index (κ2) is 7.23. The number of nitrogens with zero attached hydrogens (tertiary/aromatic N) is 2. The largest absolute Gasteiger partial charge is 0.313 e. The molecule has 0 bridgehead atoms. The lowest BCUT2D eigenvalue weighted by Gasteiger charge is -2.09. The molecule has 0 atom stereocenters. The molecule has 102 valence electrons. The molecule has 0 fully saturated rings. The number of hydrogen-bond acceptors (Lipinski definition) is 6. The van der Waals surface area contributed by atoms with E-state index >= 15 is 0 Å². The predicted octanol–water partition coefficient (Wildman–Crippen LogP) is 3.66. The molecule has 2 rings (SSSR count). The average molecular weight is 315 g/mol. The molecule has 0 radical (unpaired) electrons.